The molecule has 0 aliphatic heterocycles. The SMILES string of the molecule is CCCCC(CC)COC(=O)c1cc(N)ccc1F. The Balaban J connectivity index is 2.56. The van der Waals surface area contributed by atoms with Crippen LogP contribution in [0.15, 0.2) is 18.2 Å². The van der Waals surface area contributed by atoms with Crippen LogP contribution in [0.3, 0.4) is 0 Å². The van der Waals surface area contributed by atoms with Gasteiger partial charge in [0.25, 0.3) is 0 Å². The van der Waals surface area contributed by atoms with E-state index >= 15 is 0 Å². The van der Waals surface area contributed by atoms with Crippen molar-refractivity contribution < 1.29 is 13.9 Å². The molecule has 0 radical (unpaired) electrons. The number of unbranched alkanes of at least 4 members (excludes halogenated alkanes) is 1. The van der Waals surface area contributed by atoms with Crippen molar-refractivity contribution in [3.63, 3.8) is 0 Å². The van der Waals surface area contributed by atoms with Crippen molar-refractivity contribution >= 4 is 11.7 Å². The zero-order valence-corrected chi connectivity index (χ0v) is 11.6. The molecule has 0 heterocycles. The van der Waals surface area contributed by atoms with Crippen molar-refractivity contribution in [3.8, 4) is 0 Å². The molecular weight excluding hydrogens is 245 g/mol. The molecule has 4 heteroatoms. The lowest BCUT2D eigenvalue weighted by Crippen LogP contribution is -2.15. The van der Waals surface area contributed by atoms with E-state index < -0.39 is 11.8 Å². The van der Waals surface area contributed by atoms with Gasteiger partial charge >= 0.3 is 5.97 Å². The van der Waals surface area contributed by atoms with Gasteiger partial charge in [0, 0.05) is 5.69 Å². The minimum absolute atomic E-state index is 0.0923. The first-order chi connectivity index (χ1) is 9.08. The van der Waals surface area contributed by atoms with Gasteiger partial charge in [0.2, 0.25) is 0 Å². The summed E-state index contributed by atoms with van der Waals surface area (Å²) in [5, 5.41) is 0. The van der Waals surface area contributed by atoms with E-state index in [9.17, 15) is 9.18 Å². The highest BCUT2D eigenvalue weighted by Crippen LogP contribution is 2.16. The largest absolute Gasteiger partial charge is 0.462 e. The maximum atomic E-state index is 13.5. The average Bonchev–Trinajstić information content (AvgIpc) is 2.41. The van der Waals surface area contributed by atoms with E-state index in [-0.39, 0.29) is 5.56 Å². The summed E-state index contributed by atoms with van der Waals surface area (Å²) in [6.07, 6.45) is 4.21. The van der Waals surface area contributed by atoms with Gasteiger partial charge in [0.1, 0.15) is 5.82 Å². The standard InChI is InChI=1S/C15H22FNO2/c1-3-5-6-11(4-2)10-19-15(18)13-9-12(17)7-8-14(13)16/h7-9,11H,3-6,10,17H2,1-2H3. The highest BCUT2D eigenvalue weighted by Gasteiger charge is 2.15. The highest BCUT2D eigenvalue weighted by molar-refractivity contribution is 5.90. The normalized spacial score (nSPS) is 12.2. The van der Waals surface area contributed by atoms with Gasteiger partial charge in [-0.3, -0.25) is 0 Å². The molecular formula is C15H22FNO2. The second-order valence-electron chi connectivity index (χ2n) is 4.75. The minimum atomic E-state index is -0.639. The first kappa shape index (κ1) is 15.5. The van der Waals surface area contributed by atoms with Crippen molar-refractivity contribution in [2.75, 3.05) is 12.3 Å². The van der Waals surface area contributed by atoms with E-state index in [4.69, 9.17) is 10.5 Å². The third-order valence-corrected chi connectivity index (χ3v) is 3.20. The summed E-state index contributed by atoms with van der Waals surface area (Å²) < 4.78 is 18.7. The number of benzene rings is 1. The number of rotatable bonds is 7. The van der Waals surface area contributed by atoms with Crippen LogP contribution in [0.5, 0.6) is 0 Å². The van der Waals surface area contributed by atoms with Gasteiger partial charge in [-0.15, -0.1) is 0 Å². The van der Waals surface area contributed by atoms with Crippen LogP contribution < -0.4 is 5.73 Å². The molecule has 1 aromatic carbocycles. The first-order valence-electron chi connectivity index (χ1n) is 6.80. The fourth-order valence-electron chi connectivity index (χ4n) is 1.87. The number of carbonyl (C=O) groups is 1. The van der Waals surface area contributed by atoms with Gasteiger partial charge in [0.15, 0.2) is 0 Å². The molecule has 1 aromatic rings. The smallest absolute Gasteiger partial charge is 0.341 e. The van der Waals surface area contributed by atoms with Crippen LogP contribution in [0, 0.1) is 11.7 Å². The molecule has 0 saturated heterocycles. The Labute approximate surface area is 113 Å². The van der Waals surface area contributed by atoms with E-state index in [0.717, 1.165) is 25.7 Å². The summed E-state index contributed by atoms with van der Waals surface area (Å²) in [5.41, 5.74) is 5.80. The van der Waals surface area contributed by atoms with Gasteiger partial charge < -0.3 is 10.5 Å². The number of hydrogen-bond donors (Lipinski definition) is 1. The van der Waals surface area contributed by atoms with Crippen LogP contribution in [0.25, 0.3) is 0 Å². The topological polar surface area (TPSA) is 52.3 Å². The van der Waals surface area contributed by atoms with Crippen LogP contribution in [0.2, 0.25) is 0 Å². The predicted molar refractivity (Wildman–Crippen MR) is 74.4 cm³/mol. The molecule has 1 rings (SSSR count). The molecule has 1 unspecified atom stereocenters. The van der Waals surface area contributed by atoms with E-state index in [1.165, 1.54) is 18.2 Å². The molecule has 0 bridgehead atoms. The van der Waals surface area contributed by atoms with Crippen molar-refractivity contribution in [1.82, 2.24) is 0 Å². The van der Waals surface area contributed by atoms with Crippen molar-refractivity contribution in [1.29, 1.82) is 0 Å². The quantitative estimate of drug-likeness (QED) is 0.604. The Morgan fingerprint density at radius 3 is 2.79 bits per heavy atom. The summed E-state index contributed by atoms with van der Waals surface area (Å²) >= 11 is 0. The van der Waals surface area contributed by atoms with Crippen LogP contribution in [0.1, 0.15) is 49.9 Å². The second-order valence-corrected chi connectivity index (χ2v) is 4.75. The number of carbonyl (C=O) groups excluding carboxylic acids is 1. The summed E-state index contributed by atoms with van der Waals surface area (Å²) in [5.74, 6) is -0.895. The second kappa shape index (κ2) is 7.77. The number of halogens is 1. The third kappa shape index (κ3) is 4.89. The van der Waals surface area contributed by atoms with Gasteiger partial charge in [0.05, 0.1) is 12.2 Å². The Kier molecular flexibility index (Phi) is 6.33. The monoisotopic (exact) mass is 267 g/mol. The summed E-state index contributed by atoms with van der Waals surface area (Å²) in [6.45, 7) is 4.53. The Bertz CT molecular complexity index is 421. The number of anilines is 1. The fourth-order valence-corrected chi connectivity index (χ4v) is 1.87. The van der Waals surface area contributed by atoms with Gasteiger partial charge in [-0.05, 0) is 30.5 Å². The van der Waals surface area contributed by atoms with Crippen LogP contribution in [-0.4, -0.2) is 12.6 Å². The summed E-state index contributed by atoms with van der Waals surface area (Å²) in [4.78, 5) is 11.8. The van der Waals surface area contributed by atoms with Crippen molar-refractivity contribution in [3.05, 3.63) is 29.6 Å². The summed E-state index contributed by atoms with van der Waals surface area (Å²) in [7, 11) is 0. The van der Waals surface area contributed by atoms with Gasteiger partial charge in [-0.2, -0.15) is 0 Å². The molecule has 0 aromatic heterocycles. The van der Waals surface area contributed by atoms with E-state index in [1.54, 1.807) is 0 Å². The number of ether oxygens (including phenoxy) is 1. The van der Waals surface area contributed by atoms with E-state index in [0.29, 0.717) is 18.2 Å². The first-order valence-corrected chi connectivity index (χ1v) is 6.80. The zero-order valence-electron chi connectivity index (χ0n) is 11.6. The molecule has 3 nitrogen and oxygen atoms in total. The fraction of sp³-hybridized carbons (Fsp3) is 0.533. The van der Waals surface area contributed by atoms with E-state index in [2.05, 4.69) is 13.8 Å². The van der Waals surface area contributed by atoms with Crippen molar-refractivity contribution in [2.24, 2.45) is 5.92 Å². The average molecular weight is 267 g/mol. The predicted octanol–water partition coefficient (Wildman–Crippen LogP) is 3.78. The summed E-state index contributed by atoms with van der Waals surface area (Å²) in [6, 6.07) is 3.91. The number of nitrogen functional groups attached to an aromatic ring is 1. The molecule has 0 saturated carbocycles. The number of esters is 1. The molecule has 19 heavy (non-hydrogen) atoms. The Hall–Kier alpha value is -1.58. The third-order valence-electron chi connectivity index (χ3n) is 3.20. The Morgan fingerprint density at radius 2 is 2.16 bits per heavy atom. The van der Waals surface area contributed by atoms with Gasteiger partial charge in [-0.1, -0.05) is 33.1 Å². The minimum Gasteiger partial charge on any atom is -0.462 e. The maximum absolute atomic E-state index is 13.5. The molecule has 2 N–H and O–H groups in total. The van der Waals surface area contributed by atoms with E-state index in [1.807, 2.05) is 0 Å². The molecule has 0 aliphatic rings. The van der Waals surface area contributed by atoms with Crippen molar-refractivity contribution in [2.45, 2.75) is 39.5 Å². The molecule has 106 valence electrons. The Morgan fingerprint density at radius 1 is 1.42 bits per heavy atom. The number of nitrogens with two attached hydrogens (primary N) is 1. The molecule has 0 aliphatic carbocycles. The maximum Gasteiger partial charge on any atom is 0.341 e. The molecule has 0 spiro atoms. The zero-order chi connectivity index (χ0) is 14.3. The molecule has 1 atom stereocenters. The van der Waals surface area contributed by atoms with Gasteiger partial charge in [-0.25, -0.2) is 9.18 Å². The lowest BCUT2D eigenvalue weighted by atomic mass is 10.0. The van der Waals surface area contributed by atoms with Crippen LogP contribution >= 0.6 is 0 Å². The molecule has 0 fully saturated rings. The van der Waals surface area contributed by atoms with Crippen LogP contribution in [0.4, 0.5) is 10.1 Å². The van der Waals surface area contributed by atoms with Crippen LogP contribution in [-0.2, 0) is 4.74 Å². The number of hydrogen-bond acceptors (Lipinski definition) is 3. The lowest BCUT2D eigenvalue weighted by molar-refractivity contribution is 0.0423. The molecule has 0 amide bonds. The lowest BCUT2D eigenvalue weighted by Gasteiger charge is -2.14. The highest BCUT2D eigenvalue weighted by atomic mass is 19.1.